The molecular formula is C22H29NO6. The molecule has 0 aliphatic carbocycles. The number of nitrogens with one attached hydrogen (secondary N) is 1. The first-order valence-corrected chi connectivity index (χ1v) is 9.70. The second-order valence-corrected chi connectivity index (χ2v) is 8.30. The molecular weight excluding hydrogens is 374 g/mol. The normalized spacial score (nSPS) is 12.7. The maximum Gasteiger partial charge on any atom is 0.408 e. The standard InChI is InChI=1S/C22H29NO6/c1-8-14-11-17(24)28-19-13(4)16(10-9-15(14)19)27-20(25)18(12(2)3)23-21(26)29-22(5,6)7/h9-12,18H,8H2,1-7H3,(H,23,26)/t18-/m0/s1. The van der Waals surface area contributed by atoms with Gasteiger partial charge >= 0.3 is 17.7 Å². The summed E-state index contributed by atoms with van der Waals surface area (Å²) in [6.07, 6.45) is -0.0161. The van der Waals surface area contributed by atoms with E-state index in [-0.39, 0.29) is 11.7 Å². The first-order chi connectivity index (χ1) is 13.4. The summed E-state index contributed by atoms with van der Waals surface area (Å²) in [5.41, 5.74) is 0.666. The summed E-state index contributed by atoms with van der Waals surface area (Å²) in [4.78, 5) is 36.7. The maximum absolute atomic E-state index is 12.7. The van der Waals surface area contributed by atoms with Crippen molar-refractivity contribution in [2.75, 3.05) is 0 Å². The van der Waals surface area contributed by atoms with Gasteiger partial charge in [-0.3, -0.25) is 0 Å². The fraction of sp³-hybridized carbons (Fsp3) is 0.500. The number of carbonyl (C=O) groups excluding carboxylic acids is 2. The largest absolute Gasteiger partial charge is 0.444 e. The van der Waals surface area contributed by atoms with Crippen LogP contribution in [0.15, 0.2) is 27.4 Å². The van der Waals surface area contributed by atoms with Gasteiger partial charge in [-0.05, 0) is 57.7 Å². The molecule has 1 aromatic carbocycles. The third-order valence-electron chi connectivity index (χ3n) is 4.38. The molecule has 0 saturated carbocycles. The molecule has 0 fully saturated rings. The highest BCUT2D eigenvalue weighted by atomic mass is 16.6. The van der Waals surface area contributed by atoms with E-state index >= 15 is 0 Å². The Kier molecular flexibility index (Phi) is 6.72. The third-order valence-corrected chi connectivity index (χ3v) is 4.38. The number of carbonyl (C=O) groups is 2. The summed E-state index contributed by atoms with van der Waals surface area (Å²) in [7, 11) is 0. The van der Waals surface area contributed by atoms with Crippen LogP contribution in [-0.2, 0) is 16.0 Å². The Morgan fingerprint density at radius 1 is 1.21 bits per heavy atom. The number of alkyl carbamates (subject to hydrolysis) is 1. The van der Waals surface area contributed by atoms with E-state index in [1.807, 2.05) is 6.92 Å². The maximum atomic E-state index is 12.7. The highest BCUT2D eigenvalue weighted by Gasteiger charge is 2.29. The molecule has 7 nitrogen and oxygen atoms in total. The van der Waals surface area contributed by atoms with Gasteiger partial charge in [-0.1, -0.05) is 20.8 Å². The van der Waals surface area contributed by atoms with E-state index in [9.17, 15) is 14.4 Å². The predicted molar refractivity (Wildman–Crippen MR) is 110 cm³/mol. The second-order valence-electron chi connectivity index (χ2n) is 8.30. The van der Waals surface area contributed by atoms with Crippen LogP contribution in [0.1, 0.15) is 52.7 Å². The number of aryl methyl sites for hydroxylation is 2. The van der Waals surface area contributed by atoms with Crippen LogP contribution >= 0.6 is 0 Å². The minimum absolute atomic E-state index is 0.222. The van der Waals surface area contributed by atoms with Crippen LogP contribution in [0.4, 0.5) is 4.79 Å². The Labute approximate surface area is 170 Å². The lowest BCUT2D eigenvalue weighted by Crippen LogP contribution is -2.48. The van der Waals surface area contributed by atoms with E-state index in [0.717, 1.165) is 10.9 Å². The highest BCUT2D eigenvalue weighted by Crippen LogP contribution is 2.29. The average molecular weight is 403 g/mol. The predicted octanol–water partition coefficient (Wildman–Crippen LogP) is 4.12. The molecule has 1 atom stereocenters. The van der Waals surface area contributed by atoms with Gasteiger partial charge in [-0.15, -0.1) is 0 Å². The molecule has 7 heteroatoms. The molecule has 1 heterocycles. The number of rotatable bonds is 5. The molecule has 29 heavy (non-hydrogen) atoms. The van der Waals surface area contributed by atoms with Crippen LogP contribution in [0.2, 0.25) is 0 Å². The van der Waals surface area contributed by atoms with Crippen LogP contribution in [0.5, 0.6) is 5.75 Å². The van der Waals surface area contributed by atoms with Gasteiger partial charge in [0.2, 0.25) is 0 Å². The van der Waals surface area contributed by atoms with Crippen molar-refractivity contribution in [1.82, 2.24) is 5.32 Å². The molecule has 1 amide bonds. The first-order valence-electron chi connectivity index (χ1n) is 9.70. The number of amides is 1. The molecule has 158 valence electrons. The quantitative estimate of drug-likeness (QED) is 0.458. The summed E-state index contributed by atoms with van der Waals surface area (Å²) in [5.74, 6) is -0.571. The Hall–Kier alpha value is -2.83. The number of esters is 1. The van der Waals surface area contributed by atoms with E-state index in [4.69, 9.17) is 13.9 Å². The zero-order valence-electron chi connectivity index (χ0n) is 18.0. The third kappa shape index (κ3) is 5.59. The molecule has 2 rings (SSSR count). The number of fused-ring (bicyclic) bond motifs is 1. The van der Waals surface area contributed by atoms with Crippen molar-refractivity contribution in [2.24, 2.45) is 5.92 Å². The van der Waals surface area contributed by atoms with E-state index in [1.54, 1.807) is 53.7 Å². The number of benzene rings is 1. The summed E-state index contributed by atoms with van der Waals surface area (Å²) in [6.45, 7) is 12.5. The lowest BCUT2D eigenvalue weighted by molar-refractivity contribution is -0.138. The van der Waals surface area contributed by atoms with Crippen molar-refractivity contribution >= 4 is 23.0 Å². The Morgan fingerprint density at radius 2 is 1.86 bits per heavy atom. The van der Waals surface area contributed by atoms with Crippen molar-refractivity contribution in [3.63, 3.8) is 0 Å². The van der Waals surface area contributed by atoms with Crippen molar-refractivity contribution in [3.05, 3.63) is 39.7 Å². The van der Waals surface area contributed by atoms with Gasteiger partial charge in [0.15, 0.2) is 0 Å². The lowest BCUT2D eigenvalue weighted by Gasteiger charge is -2.24. The highest BCUT2D eigenvalue weighted by molar-refractivity contribution is 5.88. The fourth-order valence-corrected chi connectivity index (χ4v) is 2.92. The van der Waals surface area contributed by atoms with Gasteiger partial charge in [-0.2, -0.15) is 0 Å². The Bertz CT molecular complexity index is 968. The van der Waals surface area contributed by atoms with Gasteiger partial charge in [0.25, 0.3) is 0 Å². The molecule has 0 bridgehead atoms. The molecule has 0 spiro atoms. The number of hydrogen-bond acceptors (Lipinski definition) is 6. The van der Waals surface area contributed by atoms with Gasteiger partial charge in [0, 0.05) is 17.0 Å². The van der Waals surface area contributed by atoms with Gasteiger partial charge in [0.1, 0.15) is 23.0 Å². The second kappa shape index (κ2) is 8.68. The van der Waals surface area contributed by atoms with Crippen molar-refractivity contribution < 1.29 is 23.5 Å². The summed E-state index contributed by atoms with van der Waals surface area (Å²) < 4.78 is 16.1. The summed E-state index contributed by atoms with van der Waals surface area (Å²) in [5, 5.41) is 3.37. The van der Waals surface area contributed by atoms with Crippen LogP contribution in [-0.4, -0.2) is 23.7 Å². The van der Waals surface area contributed by atoms with Crippen molar-refractivity contribution in [1.29, 1.82) is 0 Å². The smallest absolute Gasteiger partial charge is 0.408 e. The Balaban J connectivity index is 2.30. The monoisotopic (exact) mass is 403 g/mol. The zero-order chi connectivity index (χ0) is 21.9. The summed E-state index contributed by atoms with van der Waals surface area (Å²) >= 11 is 0. The Morgan fingerprint density at radius 3 is 2.41 bits per heavy atom. The van der Waals surface area contributed by atoms with E-state index in [0.29, 0.717) is 17.6 Å². The van der Waals surface area contributed by atoms with Gasteiger partial charge < -0.3 is 19.2 Å². The molecule has 0 aliphatic rings. The molecule has 1 aromatic heterocycles. The van der Waals surface area contributed by atoms with E-state index in [2.05, 4.69) is 5.32 Å². The topological polar surface area (TPSA) is 94.8 Å². The SMILES string of the molecule is CCc1cc(=O)oc2c(C)c(OC(=O)[C@@H](NC(=O)OC(C)(C)C)C(C)C)ccc12. The van der Waals surface area contributed by atoms with E-state index in [1.165, 1.54) is 6.07 Å². The average Bonchev–Trinajstić information content (AvgIpc) is 2.59. The van der Waals surface area contributed by atoms with Crippen LogP contribution in [0, 0.1) is 12.8 Å². The summed E-state index contributed by atoms with van der Waals surface area (Å²) in [6, 6.07) is 4.00. The molecule has 0 unspecified atom stereocenters. The zero-order valence-corrected chi connectivity index (χ0v) is 18.0. The minimum atomic E-state index is -0.895. The molecule has 2 aromatic rings. The van der Waals surface area contributed by atoms with Crippen LogP contribution in [0.25, 0.3) is 11.0 Å². The van der Waals surface area contributed by atoms with Crippen LogP contribution < -0.4 is 15.7 Å². The van der Waals surface area contributed by atoms with E-state index < -0.39 is 29.3 Å². The first kappa shape index (κ1) is 22.5. The lowest BCUT2D eigenvalue weighted by atomic mass is 10.0. The van der Waals surface area contributed by atoms with Crippen molar-refractivity contribution in [3.8, 4) is 5.75 Å². The van der Waals surface area contributed by atoms with Crippen LogP contribution in [0.3, 0.4) is 0 Å². The van der Waals surface area contributed by atoms with Gasteiger partial charge in [-0.25, -0.2) is 14.4 Å². The molecule has 0 radical (unpaired) electrons. The number of hydrogen-bond donors (Lipinski definition) is 1. The molecule has 0 saturated heterocycles. The molecule has 0 aliphatic heterocycles. The fourth-order valence-electron chi connectivity index (χ4n) is 2.92. The number of ether oxygens (including phenoxy) is 2. The minimum Gasteiger partial charge on any atom is -0.444 e. The van der Waals surface area contributed by atoms with Gasteiger partial charge in [0.05, 0.1) is 0 Å². The molecule has 1 N–H and O–H groups in total. The van der Waals surface area contributed by atoms with Crippen molar-refractivity contribution in [2.45, 2.75) is 66.5 Å².